The van der Waals surface area contributed by atoms with E-state index in [1.807, 2.05) is 6.92 Å². The number of hydrogen-bond donors (Lipinski definition) is 2. The van der Waals surface area contributed by atoms with Crippen molar-refractivity contribution in [1.82, 2.24) is 10.6 Å². The maximum absolute atomic E-state index is 11.4. The van der Waals surface area contributed by atoms with Crippen molar-refractivity contribution in [3.63, 3.8) is 0 Å². The highest BCUT2D eigenvalue weighted by atomic mass is 127. The maximum Gasteiger partial charge on any atom is 0.310 e. The molecule has 0 saturated carbocycles. The fraction of sp³-hybridized carbons (Fsp3) is 0.875. The van der Waals surface area contributed by atoms with Gasteiger partial charge in [-0.3, -0.25) is 9.79 Å². The van der Waals surface area contributed by atoms with Gasteiger partial charge < -0.3 is 24.8 Å². The Morgan fingerprint density at radius 1 is 1.42 bits per heavy atom. The Hall–Kier alpha value is -0.610. The lowest BCUT2D eigenvalue weighted by Crippen LogP contribution is -2.38. The molecule has 1 aliphatic heterocycles. The third-order valence-corrected chi connectivity index (χ3v) is 3.61. The summed E-state index contributed by atoms with van der Waals surface area (Å²) in [4.78, 5) is 15.8. The molecule has 7 nitrogen and oxygen atoms in total. The molecule has 0 spiro atoms. The SMILES string of the molecule is CCNC(=NCC(C)C(=O)OC)NCCCOCC1CCOC1.I. The van der Waals surface area contributed by atoms with E-state index in [0.717, 1.165) is 52.4 Å². The topological polar surface area (TPSA) is 81.2 Å². The first-order chi connectivity index (χ1) is 11.2. The summed E-state index contributed by atoms with van der Waals surface area (Å²) in [6.45, 7) is 8.96. The molecular formula is C16H32IN3O4. The molecular weight excluding hydrogens is 425 g/mol. The van der Waals surface area contributed by atoms with E-state index in [0.29, 0.717) is 18.4 Å². The minimum absolute atomic E-state index is 0. The molecule has 0 bridgehead atoms. The lowest BCUT2D eigenvalue weighted by Gasteiger charge is -2.13. The van der Waals surface area contributed by atoms with Crippen LogP contribution in [0.3, 0.4) is 0 Å². The zero-order chi connectivity index (χ0) is 16.9. The first-order valence-corrected chi connectivity index (χ1v) is 8.42. The quantitative estimate of drug-likeness (QED) is 0.170. The summed E-state index contributed by atoms with van der Waals surface area (Å²) in [6.07, 6.45) is 2.01. The number of nitrogens with zero attached hydrogens (tertiary/aromatic N) is 1. The normalized spacial score (nSPS) is 18.6. The fourth-order valence-electron chi connectivity index (χ4n) is 2.19. The monoisotopic (exact) mass is 457 g/mol. The van der Waals surface area contributed by atoms with Gasteiger partial charge in [0, 0.05) is 32.2 Å². The smallest absolute Gasteiger partial charge is 0.310 e. The summed E-state index contributed by atoms with van der Waals surface area (Å²) in [5, 5.41) is 6.40. The lowest BCUT2D eigenvalue weighted by atomic mass is 10.1. The van der Waals surface area contributed by atoms with Crippen molar-refractivity contribution in [1.29, 1.82) is 0 Å². The van der Waals surface area contributed by atoms with E-state index in [1.165, 1.54) is 7.11 Å². The van der Waals surface area contributed by atoms with Crippen LogP contribution in [-0.4, -0.2) is 65.1 Å². The summed E-state index contributed by atoms with van der Waals surface area (Å²) in [5.41, 5.74) is 0. The highest BCUT2D eigenvalue weighted by molar-refractivity contribution is 14.0. The Bertz CT molecular complexity index is 363. The number of rotatable bonds is 10. The summed E-state index contributed by atoms with van der Waals surface area (Å²) in [5.74, 6) is 0.787. The van der Waals surface area contributed by atoms with Gasteiger partial charge in [-0.05, 0) is 19.8 Å². The average Bonchev–Trinajstić information content (AvgIpc) is 3.07. The number of aliphatic imine (C=N–C) groups is 1. The molecule has 0 radical (unpaired) electrons. The molecule has 24 heavy (non-hydrogen) atoms. The first-order valence-electron chi connectivity index (χ1n) is 8.42. The number of nitrogens with one attached hydrogen (secondary N) is 2. The molecule has 142 valence electrons. The second kappa shape index (κ2) is 14.7. The Morgan fingerprint density at radius 3 is 2.83 bits per heavy atom. The van der Waals surface area contributed by atoms with Crippen LogP contribution in [0.25, 0.3) is 0 Å². The summed E-state index contributed by atoms with van der Waals surface area (Å²) in [7, 11) is 1.39. The summed E-state index contributed by atoms with van der Waals surface area (Å²) in [6, 6.07) is 0. The molecule has 8 heteroatoms. The first kappa shape index (κ1) is 23.4. The number of esters is 1. The Morgan fingerprint density at radius 2 is 2.21 bits per heavy atom. The highest BCUT2D eigenvalue weighted by Crippen LogP contribution is 2.12. The van der Waals surface area contributed by atoms with Crippen molar-refractivity contribution in [2.75, 3.05) is 53.2 Å². The van der Waals surface area contributed by atoms with Crippen LogP contribution in [0.1, 0.15) is 26.7 Å². The number of guanidine groups is 1. The van der Waals surface area contributed by atoms with Crippen molar-refractivity contribution in [3.05, 3.63) is 0 Å². The number of methoxy groups -OCH3 is 1. The van der Waals surface area contributed by atoms with Crippen LogP contribution in [0.2, 0.25) is 0 Å². The molecule has 1 saturated heterocycles. The zero-order valence-corrected chi connectivity index (χ0v) is 17.3. The molecule has 2 atom stereocenters. The fourth-order valence-corrected chi connectivity index (χ4v) is 2.19. The van der Waals surface area contributed by atoms with Gasteiger partial charge in [0.2, 0.25) is 0 Å². The second-order valence-electron chi connectivity index (χ2n) is 5.73. The van der Waals surface area contributed by atoms with Gasteiger partial charge in [0.1, 0.15) is 0 Å². The van der Waals surface area contributed by atoms with Gasteiger partial charge >= 0.3 is 5.97 Å². The van der Waals surface area contributed by atoms with Gasteiger partial charge in [0.05, 0.1) is 32.8 Å². The maximum atomic E-state index is 11.4. The molecule has 1 heterocycles. The van der Waals surface area contributed by atoms with Crippen LogP contribution in [0.15, 0.2) is 4.99 Å². The van der Waals surface area contributed by atoms with Crippen molar-refractivity contribution >= 4 is 35.9 Å². The molecule has 2 N–H and O–H groups in total. The van der Waals surface area contributed by atoms with Gasteiger partial charge in [0.15, 0.2) is 5.96 Å². The molecule has 1 rings (SSSR count). The number of carbonyl (C=O) groups excluding carboxylic acids is 1. The van der Waals surface area contributed by atoms with Crippen LogP contribution < -0.4 is 10.6 Å². The van der Waals surface area contributed by atoms with E-state index in [2.05, 4.69) is 15.6 Å². The van der Waals surface area contributed by atoms with Crippen molar-refractivity contribution < 1.29 is 19.0 Å². The minimum atomic E-state index is -0.243. The van der Waals surface area contributed by atoms with Crippen molar-refractivity contribution in [2.45, 2.75) is 26.7 Å². The predicted molar refractivity (Wildman–Crippen MR) is 105 cm³/mol. The highest BCUT2D eigenvalue weighted by Gasteiger charge is 2.15. The van der Waals surface area contributed by atoms with Crippen LogP contribution in [0.5, 0.6) is 0 Å². The van der Waals surface area contributed by atoms with Gasteiger partial charge in [-0.2, -0.15) is 0 Å². The van der Waals surface area contributed by atoms with E-state index in [4.69, 9.17) is 14.2 Å². The number of hydrogen-bond acceptors (Lipinski definition) is 5. The molecule has 0 aromatic rings. The summed E-state index contributed by atoms with van der Waals surface area (Å²) < 4.78 is 15.7. The van der Waals surface area contributed by atoms with Gasteiger partial charge in [0.25, 0.3) is 0 Å². The van der Waals surface area contributed by atoms with E-state index >= 15 is 0 Å². The zero-order valence-electron chi connectivity index (χ0n) is 15.0. The van der Waals surface area contributed by atoms with Crippen molar-refractivity contribution in [3.8, 4) is 0 Å². The number of halogens is 1. The molecule has 0 aromatic carbocycles. The Kier molecular flexibility index (Phi) is 14.3. The number of ether oxygens (including phenoxy) is 3. The lowest BCUT2D eigenvalue weighted by molar-refractivity contribution is -0.144. The van der Waals surface area contributed by atoms with Gasteiger partial charge in [-0.25, -0.2) is 0 Å². The van der Waals surface area contributed by atoms with E-state index < -0.39 is 0 Å². The van der Waals surface area contributed by atoms with Crippen LogP contribution in [0, 0.1) is 11.8 Å². The Labute approximate surface area is 162 Å². The van der Waals surface area contributed by atoms with E-state index in [1.54, 1.807) is 6.92 Å². The molecule has 0 amide bonds. The van der Waals surface area contributed by atoms with Gasteiger partial charge in [-0.1, -0.05) is 6.92 Å². The van der Waals surface area contributed by atoms with Crippen LogP contribution in [-0.2, 0) is 19.0 Å². The molecule has 2 unspecified atom stereocenters. The molecule has 0 aliphatic carbocycles. The average molecular weight is 457 g/mol. The second-order valence-corrected chi connectivity index (χ2v) is 5.73. The van der Waals surface area contributed by atoms with Crippen LogP contribution in [0.4, 0.5) is 0 Å². The van der Waals surface area contributed by atoms with E-state index in [-0.39, 0.29) is 35.9 Å². The van der Waals surface area contributed by atoms with Crippen LogP contribution >= 0.6 is 24.0 Å². The third-order valence-electron chi connectivity index (χ3n) is 3.61. The largest absolute Gasteiger partial charge is 0.469 e. The van der Waals surface area contributed by atoms with Gasteiger partial charge in [-0.15, -0.1) is 24.0 Å². The third kappa shape index (κ3) is 10.3. The minimum Gasteiger partial charge on any atom is -0.469 e. The standard InChI is InChI=1S/C16H31N3O4.HI/c1-4-17-16(19-10-13(2)15(20)21-3)18-7-5-8-22-11-14-6-9-23-12-14;/h13-14H,4-12H2,1-3H3,(H2,17,18,19);1H. The molecule has 1 aliphatic rings. The Balaban J connectivity index is 0.00000529. The van der Waals surface area contributed by atoms with Crippen molar-refractivity contribution in [2.24, 2.45) is 16.8 Å². The molecule has 1 fully saturated rings. The van der Waals surface area contributed by atoms with E-state index in [9.17, 15) is 4.79 Å². The summed E-state index contributed by atoms with van der Waals surface area (Å²) >= 11 is 0. The number of carbonyl (C=O) groups is 1. The molecule has 0 aromatic heterocycles. The predicted octanol–water partition coefficient (Wildman–Crippen LogP) is 1.41.